The summed E-state index contributed by atoms with van der Waals surface area (Å²) in [6.45, 7) is 3.45. The first kappa shape index (κ1) is 21.3. The van der Waals surface area contributed by atoms with E-state index in [1.807, 2.05) is 37.3 Å². The summed E-state index contributed by atoms with van der Waals surface area (Å²) in [5.74, 6) is 0.265. The molecule has 0 saturated carbocycles. The number of rotatable bonds is 7. The third-order valence-corrected chi connectivity index (χ3v) is 7.01. The number of para-hydroxylation sites is 2. The zero-order valence-electron chi connectivity index (χ0n) is 18.1. The molecule has 0 N–H and O–H groups in total. The molecular formula is C25H22FN3O3S. The summed E-state index contributed by atoms with van der Waals surface area (Å²) in [5.41, 5.74) is 3.24. The molecule has 0 bridgehead atoms. The summed E-state index contributed by atoms with van der Waals surface area (Å²) >= 11 is 1.35. The van der Waals surface area contributed by atoms with Gasteiger partial charge in [0.2, 0.25) is 0 Å². The lowest BCUT2D eigenvalue weighted by atomic mass is 10.1. The van der Waals surface area contributed by atoms with Crippen LogP contribution in [0.4, 0.5) is 14.2 Å². The number of benzene rings is 2. The predicted molar refractivity (Wildman–Crippen MR) is 125 cm³/mol. The van der Waals surface area contributed by atoms with Crippen molar-refractivity contribution in [1.29, 1.82) is 0 Å². The number of hydrogen-bond donors (Lipinski definition) is 0. The number of aryl methyl sites for hydroxylation is 2. The standard InChI is InChI=1S/C25H22FN3O3S/c1-16-14-23(29-13-12-28(25(29)31)15-17-6-8-18(26)9-7-17)33-24(16)20(30)10-11-22-27-19-4-2-3-5-21(19)32-22/h2-9,14H,10-13,15H2,1H3. The largest absolute Gasteiger partial charge is 0.441 e. The lowest BCUT2D eigenvalue weighted by molar-refractivity contribution is 0.0984. The molecule has 4 aromatic rings. The number of amides is 2. The summed E-state index contributed by atoms with van der Waals surface area (Å²) in [5, 5.41) is 0.768. The number of anilines is 1. The van der Waals surface area contributed by atoms with Crippen LogP contribution in [0.3, 0.4) is 0 Å². The molecular weight excluding hydrogens is 441 g/mol. The summed E-state index contributed by atoms with van der Waals surface area (Å²) in [6.07, 6.45) is 0.715. The van der Waals surface area contributed by atoms with Gasteiger partial charge in [-0.3, -0.25) is 9.69 Å². The van der Waals surface area contributed by atoms with Gasteiger partial charge in [0.05, 0.1) is 9.88 Å². The fourth-order valence-corrected chi connectivity index (χ4v) is 5.14. The molecule has 8 heteroatoms. The van der Waals surface area contributed by atoms with Crippen LogP contribution in [0, 0.1) is 12.7 Å². The van der Waals surface area contributed by atoms with Gasteiger partial charge in [0.25, 0.3) is 0 Å². The third-order valence-electron chi connectivity index (χ3n) is 5.71. The van der Waals surface area contributed by atoms with Gasteiger partial charge < -0.3 is 9.32 Å². The maximum atomic E-state index is 13.1. The summed E-state index contributed by atoms with van der Waals surface area (Å²) in [6, 6.07) is 15.5. The number of carbonyl (C=O) groups is 2. The quantitative estimate of drug-likeness (QED) is 0.335. The first-order valence-electron chi connectivity index (χ1n) is 10.8. The molecule has 0 atom stereocenters. The molecule has 6 nitrogen and oxygen atoms in total. The van der Waals surface area contributed by atoms with Crippen molar-refractivity contribution in [1.82, 2.24) is 9.88 Å². The molecule has 1 fully saturated rings. The predicted octanol–water partition coefficient (Wildman–Crippen LogP) is 5.59. The van der Waals surface area contributed by atoms with Gasteiger partial charge in [-0.2, -0.15) is 0 Å². The highest BCUT2D eigenvalue weighted by Crippen LogP contribution is 2.33. The minimum absolute atomic E-state index is 0.0146. The van der Waals surface area contributed by atoms with Crippen LogP contribution in [-0.4, -0.2) is 34.8 Å². The molecule has 0 spiro atoms. The van der Waals surface area contributed by atoms with E-state index < -0.39 is 0 Å². The fraction of sp³-hybridized carbons (Fsp3) is 0.240. The van der Waals surface area contributed by atoms with E-state index in [4.69, 9.17) is 4.42 Å². The zero-order valence-corrected chi connectivity index (χ0v) is 18.9. The monoisotopic (exact) mass is 463 g/mol. The van der Waals surface area contributed by atoms with Crippen molar-refractivity contribution in [2.24, 2.45) is 0 Å². The Balaban J connectivity index is 1.24. The number of aromatic nitrogens is 1. The number of Topliss-reactive ketones (excluding diaryl/α,β-unsaturated/α-hetero) is 1. The Morgan fingerprint density at radius 3 is 2.73 bits per heavy atom. The molecule has 1 saturated heterocycles. The smallest absolute Gasteiger partial charge is 0.325 e. The van der Waals surface area contributed by atoms with Gasteiger partial charge >= 0.3 is 6.03 Å². The Bertz CT molecular complexity index is 1300. The van der Waals surface area contributed by atoms with E-state index in [0.29, 0.717) is 42.4 Å². The molecule has 0 unspecified atom stereocenters. The number of hydrogen-bond acceptors (Lipinski definition) is 5. The molecule has 0 aliphatic carbocycles. The molecule has 0 radical (unpaired) electrons. The number of fused-ring (bicyclic) bond motifs is 1. The van der Waals surface area contributed by atoms with Crippen molar-refractivity contribution in [2.75, 3.05) is 18.0 Å². The highest BCUT2D eigenvalue weighted by molar-refractivity contribution is 7.18. The zero-order chi connectivity index (χ0) is 22.9. The van der Waals surface area contributed by atoms with Crippen molar-refractivity contribution in [3.63, 3.8) is 0 Å². The van der Waals surface area contributed by atoms with Crippen LogP contribution in [0.5, 0.6) is 0 Å². The molecule has 33 heavy (non-hydrogen) atoms. The second-order valence-corrected chi connectivity index (χ2v) is 9.11. The molecule has 1 aliphatic rings. The lowest BCUT2D eigenvalue weighted by Gasteiger charge is -2.17. The van der Waals surface area contributed by atoms with E-state index in [1.54, 1.807) is 21.9 Å². The Morgan fingerprint density at radius 2 is 1.94 bits per heavy atom. The van der Waals surface area contributed by atoms with Gasteiger partial charge in [0, 0.05) is 32.5 Å². The lowest BCUT2D eigenvalue weighted by Crippen LogP contribution is -2.30. The van der Waals surface area contributed by atoms with Crippen molar-refractivity contribution in [3.8, 4) is 0 Å². The van der Waals surface area contributed by atoms with Crippen LogP contribution in [-0.2, 0) is 13.0 Å². The minimum atomic E-state index is -0.296. The summed E-state index contributed by atoms with van der Waals surface area (Å²) in [7, 11) is 0. The Labute approximate surface area is 194 Å². The van der Waals surface area contributed by atoms with Gasteiger partial charge in [-0.25, -0.2) is 14.2 Å². The van der Waals surface area contributed by atoms with Crippen LogP contribution in [0.15, 0.2) is 59.0 Å². The SMILES string of the molecule is Cc1cc(N2CCN(Cc3ccc(F)cc3)C2=O)sc1C(=O)CCc1nc2ccccc2o1. The van der Waals surface area contributed by atoms with Gasteiger partial charge in [-0.1, -0.05) is 24.3 Å². The van der Waals surface area contributed by atoms with E-state index in [2.05, 4.69) is 4.98 Å². The maximum absolute atomic E-state index is 13.1. The molecule has 2 aromatic carbocycles. The van der Waals surface area contributed by atoms with Crippen LogP contribution < -0.4 is 4.90 Å². The normalized spacial score (nSPS) is 13.9. The molecule has 168 valence electrons. The number of ketones is 1. The molecule has 5 rings (SSSR count). The van der Waals surface area contributed by atoms with E-state index in [1.165, 1.54) is 23.5 Å². The van der Waals surface area contributed by atoms with Crippen molar-refractivity contribution in [2.45, 2.75) is 26.3 Å². The van der Waals surface area contributed by atoms with E-state index in [-0.39, 0.29) is 24.1 Å². The van der Waals surface area contributed by atoms with Crippen LogP contribution in [0.25, 0.3) is 11.1 Å². The highest BCUT2D eigenvalue weighted by Gasteiger charge is 2.31. The Kier molecular flexibility index (Phi) is 5.68. The second kappa shape index (κ2) is 8.78. The topological polar surface area (TPSA) is 66.7 Å². The van der Waals surface area contributed by atoms with E-state index in [9.17, 15) is 14.0 Å². The average molecular weight is 464 g/mol. The maximum Gasteiger partial charge on any atom is 0.325 e. The van der Waals surface area contributed by atoms with Crippen molar-refractivity contribution < 1.29 is 18.4 Å². The van der Waals surface area contributed by atoms with Gasteiger partial charge in [0.15, 0.2) is 17.3 Å². The molecule has 2 aromatic heterocycles. The van der Waals surface area contributed by atoms with Crippen molar-refractivity contribution in [3.05, 3.63) is 82.3 Å². The average Bonchev–Trinajstić information content (AvgIpc) is 3.50. The second-order valence-electron chi connectivity index (χ2n) is 8.08. The van der Waals surface area contributed by atoms with Gasteiger partial charge in [0.1, 0.15) is 11.3 Å². The first-order chi connectivity index (χ1) is 16.0. The number of halogens is 1. The molecule has 3 heterocycles. The minimum Gasteiger partial charge on any atom is -0.441 e. The number of carbonyl (C=O) groups excluding carboxylic acids is 2. The number of oxazole rings is 1. The number of thiophene rings is 1. The third kappa shape index (κ3) is 4.39. The molecule has 2 amide bonds. The van der Waals surface area contributed by atoms with Crippen LogP contribution in [0.1, 0.15) is 33.1 Å². The Hall–Kier alpha value is -3.52. The van der Waals surface area contributed by atoms with E-state index >= 15 is 0 Å². The first-order valence-corrected chi connectivity index (χ1v) is 11.6. The van der Waals surface area contributed by atoms with Gasteiger partial charge in [-0.15, -0.1) is 11.3 Å². The van der Waals surface area contributed by atoms with Crippen LogP contribution >= 0.6 is 11.3 Å². The van der Waals surface area contributed by atoms with Crippen molar-refractivity contribution >= 4 is 39.3 Å². The van der Waals surface area contributed by atoms with E-state index in [0.717, 1.165) is 21.6 Å². The van der Waals surface area contributed by atoms with Gasteiger partial charge in [-0.05, 0) is 48.4 Å². The number of urea groups is 1. The highest BCUT2D eigenvalue weighted by atomic mass is 32.1. The summed E-state index contributed by atoms with van der Waals surface area (Å²) in [4.78, 5) is 34.4. The fourth-order valence-electron chi connectivity index (χ4n) is 3.98. The Morgan fingerprint density at radius 1 is 1.15 bits per heavy atom. The summed E-state index contributed by atoms with van der Waals surface area (Å²) < 4.78 is 18.9. The van der Waals surface area contributed by atoms with Crippen LogP contribution in [0.2, 0.25) is 0 Å². The number of nitrogens with zero attached hydrogens (tertiary/aromatic N) is 3. The molecule has 1 aliphatic heterocycles.